The van der Waals surface area contributed by atoms with Gasteiger partial charge in [0.05, 0.1) is 5.69 Å². The summed E-state index contributed by atoms with van der Waals surface area (Å²) >= 11 is 7.49. The minimum Gasteiger partial charge on any atom is -0.397 e. The molecule has 0 spiro atoms. The third-order valence-electron chi connectivity index (χ3n) is 4.96. The largest absolute Gasteiger partial charge is 0.397 e. The Bertz CT molecular complexity index is 1020. The molecule has 2 aromatic heterocycles. The Kier molecular flexibility index (Phi) is 4.70. The molecule has 1 aromatic carbocycles. The van der Waals surface area contributed by atoms with Gasteiger partial charge >= 0.3 is 0 Å². The number of aryl methyl sites for hydroxylation is 2. The normalized spacial score (nSPS) is 14.8. The molecule has 140 valence electrons. The second kappa shape index (κ2) is 7.02. The van der Waals surface area contributed by atoms with Gasteiger partial charge in [0, 0.05) is 48.0 Å². The number of nitrogens with two attached hydrogens (primary N) is 1. The quantitative estimate of drug-likeness (QED) is 0.703. The number of thiophene rings is 1. The molecule has 1 aliphatic heterocycles. The number of piperazine rings is 1. The first-order valence-electron chi connectivity index (χ1n) is 8.90. The van der Waals surface area contributed by atoms with Crippen molar-refractivity contribution in [2.24, 2.45) is 0 Å². The van der Waals surface area contributed by atoms with E-state index in [9.17, 15) is 4.79 Å². The Morgan fingerprint density at radius 3 is 2.63 bits per heavy atom. The van der Waals surface area contributed by atoms with Crippen molar-refractivity contribution in [3.63, 3.8) is 0 Å². The van der Waals surface area contributed by atoms with Gasteiger partial charge in [-0.1, -0.05) is 17.7 Å². The summed E-state index contributed by atoms with van der Waals surface area (Å²) in [6.07, 6.45) is 0. The third-order valence-corrected chi connectivity index (χ3v) is 6.28. The number of amides is 1. The number of benzene rings is 1. The van der Waals surface area contributed by atoms with Crippen LogP contribution in [0.4, 0.5) is 11.4 Å². The Balaban J connectivity index is 1.54. The fourth-order valence-corrected chi connectivity index (χ4v) is 4.98. The first kappa shape index (κ1) is 18.1. The summed E-state index contributed by atoms with van der Waals surface area (Å²) in [5.74, 6) is -0.00158. The number of hydrogen-bond donors (Lipinski definition) is 1. The molecular formula is C20H21ClN4OS. The van der Waals surface area contributed by atoms with Crippen molar-refractivity contribution in [1.29, 1.82) is 0 Å². The first-order valence-corrected chi connectivity index (χ1v) is 10.1. The average Bonchev–Trinajstić information content (AvgIpc) is 2.98. The summed E-state index contributed by atoms with van der Waals surface area (Å²) in [7, 11) is 0. The number of hydrogen-bond acceptors (Lipinski definition) is 5. The van der Waals surface area contributed by atoms with Crippen molar-refractivity contribution < 1.29 is 4.79 Å². The topological polar surface area (TPSA) is 62.5 Å². The van der Waals surface area contributed by atoms with Gasteiger partial charge in [0.25, 0.3) is 5.91 Å². The van der Waals surface area contributed by atoms with Gasteiger partial charge in [-0.2, -0.15) is 0 Å². The van der Waals surface area contributed by atoms with Crippen molar-refractivity contribution in [2.45, 2.75) is 13.8 Å². The highest BCUT2D eigenvalue weighted by Gasteiger charge is 2.26. The minimum atomic E-state index is -0.00158. The maximum Gasteiger partial charge on any atom is 0.266 e. The van der Waals surface area contributed by atoms with Crippen molar-refractivity contribution in [2.75, 3.05) is 36.8 Å². The molecule has 3 heterocycles. The standard InChI is InChI=1S/C20H21ClN4OS/c1-12-10-13(2)23-19-16(12)17(22)18(27-19)20(26)25-8-6-24(7-9-25)15-5-3-4-14(21)11-15/h3-5,10-11H,6-9,22H2,1-2H3. The molecule has 27 heavy (non-hydrogen) atoms. The number of carbonyl (C=O) groups is 1. The lowest BCUT2D eigenvalue weighted by Gasteiger charge is -2.36. The van der Waals surface area contributed by atoms with E-state index in [0.29, 0.717) is 23.7 Å². The van der Waals surface area contributed by atoms with E-state index >= 15 is 0 Å². The van der Waals surface area contributed by atoms with Crippen LogP contribution in [0.25, 0.3) is 10.2 Å². The van der Waals surface area contributed by atoms with Gasteiger partial charge < -0.3 is 15.5 Å². The number of nitrogens with zero attached hydrogens (tertiary/aromatic N) is 3. The van der Waals surface area contributed by atoms with Crippen LogP contribution in [-0.4, -0.2) is 42.0 Å². The predicted octanol–water partition coefficient (Wildman–Crippen LogP) is 4.11. The highest BCUT2D eigenvalue weighted by molar-refractivity contribution is 7.21. The van der Waals surface area contributed by atoms with Crippen molar-refractivity contribution in [1.82, 2.24) is 9.88 Å². The van der Waals surface area contributed by atoms with Gasteiger partial charge in [0.15, 0.2) is 0 Å². The zero-order valence-corrected chi connectivity index (χ0v) is 16.9. The molecule has 0 unspecified atom stereocenters. The number of pyridine rings is 1. The van der Waals surface area contributed by atoms with Crippen LogP contribution in [0.3, 0.4) is 0 Å². The van der Waals surface area contributed by atoms with Crippen LogP contribution in [0.2, 0.25) is 5.02 Å². The Hall–Kier alpha value is -2.31. The van der Waals surface area contributed by atoms with E-state index in [1.54, 1.807) is 0 Å². The zero-order chi connectivity index (χ0) is 19.1. The molecule has 4 rings (SSSR count). The highest BCUT2D eigenvalue weighted by Crippen LogP contribution is 2.36. The molecular weight excluding hydrogens is 380 g/mol. The molecule has 2 N–H and O–H groups in total. The lowest BCUT2D eigenvalue weighted by Crippen LogP contribution is -2.48. The summed E-state index contributed by atoms with van der Waals surface area (Å²) in [6, 6.07) is 9.82. The summed E-state index contributed by atoms with van der Waals surface area (Å²) < 4.78 is 0. The number of halogens is 1. The fourth-order valence-electron chi connectivity index (χ4n) is 3.61. The molecule has 7 heteroatoms. The molecule has 3 aromatic rings. The lowest BCUT2D eigenvalue weighted by molar-refractivity contribution is 0.0752. The van der Waals surface area contributed by atoms with E-state index in [4.69, 9.17) is 17.3 Å². The number of fused-ring (bicyclic) bond motifs is 1. The van der Waals surface area contributed by atoms with E-state index < -0.39 is 0 Å². The monoisotopic (exact) mass is 400 g/mol. The van der Waals surface area contributed by atoms with Gasteiger partial charge in [-0.25, -0.2) is 4.98 Å². The second-order valence-electron chi connectivity index (χ2n) is 6.86. The van der Waals surface area contributed by atoms with Gasteiger partial charge in [0.1, 0.15) is 9.71 Å². The van der Waals surface area contributed by atoms with Crippen molar-refractivity contribution in [3.8, 4) is 0 Å². The van der Waals surface area contributed by atoms with Crippen LogP contribution in [-0.2, 0) is 0 Å². The van der Waals surface area contributed by atoms with E-state index in [-0.39, 0.29) is 5.91 Å². The van der Waals surface area contributed by atoms with Crippen LogP contribution in [0, 0.1) is 13.8 Å². The maximum atomic E-state index is 13.1. The fraction of sp³-hybridized carbons (Fsp3) is 0.300. The minimum absolute atomic E-state index is 0.00158. The van der Waals surface area contributed by atoms with Crippen molar-refractivity contribution >= 4 is 50.4 Å². The van der Waals surface area contributed by atoms with Crippen LogP contribution >= 0.6 is 22.9 Å². The second-order valence-corrected chi connectivity index (χ2v) is 8.30. The number of aromatic nitrogens is 1. The highest BCUT2D eigenvalue weighted by atomic mass is 35.5. The Labute approximate surface area is 167 Å². The first-order chi connectivity index (χ1) is 12.9. The summed E-state index contributed by atoms with van der Waals surface area (Å²) in [5, 5.41) is 1.63. The number of anilines is 2. The average molecular weight is 401 g/mol. The molecule has 0 aliphatic carbocycles. The smallest absolute Gasteiger partial charge is 0.266 e. The summed E-state index contributed by atoms with van der Waals surface area (Å²) in [5.41, 5.74) is 9.98. The van der Waals surface area contributed by atoms with Crippen LogP contribution < -0.4 is 10.6 Å². The maximum absolute atomic E-state index is 13.1. The van der Waals surface area contributed by atoms with E-state index in [0.717, 1.165) is 45.3 Å². The van der Waals surface area contributed by atoms with E-state index in [1.807, 2.05) is 49.1 Å². The van der Waals surface area contributed by atoms with Crippen LogP contribution in [0.5, 0.6) is 0 Å². The van der Waals surface area contributed by atoms with Gasteiger partial charge in [0.2, 0.25) is 0 Å². The van der Waals surface area contributed by atoms with Gasteiger partial charge in [-0.15, -0.1) is 11.3 Å². The number of rotatable bonds is 2. The number of nitrogen functional groups attached to an aromatic ring is 1. The number of carbonyl (C=O) groups excluding carboxylic acids is 1. The van der Waals surface area contributed by atoms with E-state index in [2.05, 4.69) is 9.88 Å². The lowest BCUT2D eigenvalue weighted by atomic mass is 10.1. The molecule has 1 saturated heterocycles. The molecule has 0 bridgehead atoms. The van der Waals surface area contributed by atoms with Gasteiger partial charge in [-0.05, 0) is 43.7 Å². The molecule has 0 radical (unpaired) electrons. The van der Waals surface area contributed by atoms with Crippen LogP contribution in [0.1, 0.15) is 20.9 Å². The third kappa shape index (κ3) is 3.35. The molecule has 1 aliphatic rings. The zero-order valence-electron chi connectivity index (χ0n) is 15.3. The SMILES string of the molecule is Cc1cc(C)c2c(N)c(C(=O)N3CCN(c4cccc(Cl)c4)CC3)sc2n1. The van der Waals surface area contributed by atoms with E-state index in [1.165, 1.54) is 11.3 Å². The van der Waals surface area contributed by atoms with Crippen LogP contribution in [0.15, 0.2) is 30.3 Å². The molecule has 5 nitrogen and oxygen atoms in total. The summed E-state index contributed by atoms with van der Waals surface area (Å²) in [6.45, 7) is 6.83. The summed E-state index contributed by atoms with van der Waals surface area (Å²) in [4.78, 5) is 23.2. The predicted molar refractivity (Wildman–Crippen MR) is 113 cm³/mol. The molecule has 0 atom stereocenters. The van der Waals surface area contributed by atoms with Gasteiger partial charge in [-0.3, -0.25) is 4.79 Å². The Morgan fingerprint density at radius 2 is 1.93 bits per heavy atom. The molecule has 1 fully saturated rings. The molecule has 0 saturated carbocycles. The Morgan fingerprint density at radius 1 is 1.19 bits per heavy atom. The van der Waals surface area contributed by atoms with Crippen molar-refractivity contribution in [3.05, 3.63) is 51.5 Å². The molecule has 1 amide bonds.